The van der Waals surface area contributed by atoms with Crippen LogP contribution in [0.15, 0.2) is 0 Å². The largest absolute Gasteiger partial charge is 0.479 e. The highest BCUT2D eigenvalue weighted by Crippen LogP contribution is 2.33. The maximum atomic E-state index is 11.7. The van der Waals surface area contributed by atoms with Gasteiger partial charge in [0, 0.05) is 7.11 Å². The third-order valence-electron chi connectivity index (χ3n) is 2.90. The highest BCUT2D eigenvalue weighted by atomic mass is 16.6. The third-order valence-corrected chi connectivity index (χ3v) is 2.90. The van der Waals surface area contributed by atoms with E-state index in [9.17, 15) is 9.59 Å². The molecule has 1 rings (SSSR count). The van der Waals surface area contributed by atoms with Gasteiger partial charge in [-0.1, -0.05) is 0 Å². The highest BCUT2D eigenvalue weighted by Gasteiger charge is 2.59. The molecule has 1 saturated heterocycles. The number of amides is 1. The van der Waals surface area contributed by atoms with Crippen molar-refractivity contribution in [1.82, 2.24) is 4.90 Å². The standard InChI is InChI=1S/C11H19NO5/c1-7-11(16-5,8(13)14)6-12(7)9(15)17-10(2,3)4/h7H,6H2,1-5H3,(H,13,14)/t7-,11?/m0/s1. The second-order valence-electron chi connectivity index (χ2n) is 5.18. The van der Waals surface area contributed by atoms with Gasteiger partial charge in [0.05, 0.1) is 12.6 Å². The fourth-order valence-electron chi connectivity index (χ4n) is 1.77. The van der Waals surface area contributed by atoms with Crippen LogP contribution in [0.25, 0.3) is 0 Å². The second-order valence-corrected chi connectivity index (χ2v) is 5.18. The number of carboxylic acid groups (broad SMARTS) is 1. The first kappa shape index (κ1) is 13.8. The van der Waals surface area contributed by atoms with Crippen molar-refractivity contribution in [2.75, 3.05) is 13.7 Å². The SMILES string of the molecule is COC1(C(=O)O)CN(C(=O)OC(C)(C)C)[C@H]1C. The topological polar surface area (TPSA) is 76.1 Å². The van der Waals surface area contributed by atoms with Crippen LogP contribution in [0.5, 0.6) is 0 Å². The van der Waals surface area contributed by atoms with E-state index in [0.29, 0.717) is 0 Å². The summed E-state index contributed by atoms with van der Waals surface area (Å²) < 4.78 is 10.2. The first-order valence-corrected chi connectivity index (χ1v) is 5.42. The first-order chi connectivity index (χ1) is 7.64. The zero-order chi connectivity index (χ0) is 13.4. The summed E-state index contributed by atoms with van der Waals surface area (Å²) in [6.45, 7) is 6.92. The van der Waals surface area contributed by atoms with Gasteiger partial charge in [-0.3, -0.25) is 4.90 Å². The summed E-state index contributed by atoms with van der Waals surface area (Å²) in [5.74, 6) is -1.06. The van der Waals surface area contributed by atoms with Crippen molar-refractivity contribution in [1.29, 1.82) is 0 Å². The van der Waals surface area contributed by atoms with Gasteiger partial charge in [-0.2, -0.15) is 0 Å². The van der Waals surface area contributed by atoms with Gasteiger partial charge in [-0.05, 0) is 27.7 Å². The molecule has 1 N–H and O–H groups in total. The van der Waals surface area contributed by atoms with Crippen LogP contribution in [0.3, 0.4) is 0 Å². The molecule has 17 heavy (non-hydrogen) atoms. The molecular weight excluding hydrogens is 226 g/mol. The fraction of sp³-hybridized carbons (Fsp3) is 0.818. The monoisotopic (exact) mass is 245 g/mol. The molecular formula is C11H19NO5. The van der Waals surface area contributed by atoms with Crippen molar-refractivity contribution >= 4 is 12.1 Å². The van der Waals surface area contributed by atoms with Gasteiger partial charge in [-0.25, -0.2) is 9.59 Å². The summed E-state index contributed by atoms with van der Waals surface area (Å²) in [6.07, 6.45) is -0.515. The van der Waals surface area contributed by atoms with Crippen molar-refractivity contribution in [3.63, 3.8) is 0 Å². The molecule has 1 fully saturated rings. The van der Waals surface area contributed by atoms with Crippen molar-refractivity contribution in [2.45, 2.75) is 44.9 Å². The van der Waals surface area contributed by atoms with Gasteiger partial charge >= 0.3 is 12.1 Å². The quantitative estimate of drug-likeness (QED) is 0.788. The van der Waals surface area contributed by atoms with Crippen molar-refractivity contribution in [2.24, 2.45) is 0 Å². The summed E-state index contributed by atoms with van der Waals surface area (Å²) >= 11 is 0. The molecule has 1 aliphatic heterocycles. The van der Waals surface area contributed by atoms with Gasteiger partial charge in [0.1, 0.15) is 5.60 Å². The van der Waals surface area contributed by atoms with Crippen LogP contribution < -0.4 is 0 Å². The first-order valence-electron chi connectivity index (χ1n) is 5.42. The number of aliphatic carboxylic acids is 1. The molecule has 0 spiro atoms. The average Bonchev–Trinajstić information content (AvgIpc) is 2.13. The van der Waals surface area contributed by atoms with E-state index in [1.54, 1.807) is 27.7 Å². The van der Waals surface area contributed by atoms with Crippen LogP contribution in [-0.2, 0) is 14.3 Å². The van der Waals surface area contributed by atoms with Gasteiger partial charge < -0.3 is 14.6 Å². The Morgan fingerprint density at radius 1 is 1.41 bits per heavy atom. The molecule has 98 valence electrons. The summed E-state index contributed by atoms with van der Waals surface area (Å²) in [6, 6.07) is -0.542. The summed E-state index contributed by atoms with van der Waals surface area (Å²) in [4.78, 5) is 24.2. The minimum absolute atomic E-state index is 0.00884. The predicted molar refractivity (Wildman–Crippen MR) is 59.8 cm³/mol. The van der Waals surface area contributed by atoms with E-state index in [4.69, 9.17) is 14.6 Å². The molecule has 1 amide bonds. The number of likely N-dealkylation sites (tertiary alicyclic amines) is 1. The van der Waals surface area contributed by atoms with Crippen molar-refractivity contribution in [3.05, 3.63) is 0 Å². The van der Waals surface area contributed by atoms with Crippen LogP contribution >= 0.6 is 0 Å². The fourth-order valence-corrected chi connectivity index (χ4v) is 1.77. The zero-order valence-electron chi connectivity index (χ0n) is 10.8. The number of nitrogens with zero attached hydrogens (tertiary/aromatic N) is 1. The van der Waals surface area contributed by atoms with Gasteiger partial charge in [0.15, 0.2) is 0 Å². The molecule has 0 aromatic carbocycles. The maximum Gasteiger partial charge on any atom is 0.410 e. The van der Waals surface area contributed by atoms with E-state index in [-0.39, 0.29) is 6.54 Å². The Balaban J connectivity index is 2.69. The van der Waals surface area contributed by atoms with E-state index < -0.39 is 29.3 Å². The normalized spacial score (nSPS) is 28.5. The molecule has 6 heteroatoms. The lowest BCUT2D eigenvalue weighted by atomic mass is 9.84. The lowest BCUT2D eigenvalue weighted by Gasteiger charge is -2.51. The molecule has 6 nitrogen and oxygen atoms in total. The Labute approximate surface area is 100 Å². The minimum atomic E-state index is -1.31. The maximum absolute atomic E-state index is 11.7. The number of hydrogen-bond donors (Lipinski definition) is 1. The molecule has 2 atom stereocenters. The minimum Gasteiger partial charge on any atom is -0.479 e. The lowest BCUT2D eigenvalue weighted by molar-refractivity contribution is -0.196. The molecule has 0 aromatic rings. The number of rotatable bonds is 2. The van der Waals surface area contributed by atoms with Crippen LogP contribution in [0.4, 0.5) is 4.79 Å². The second kappa shape index (κ2) is 4.18. The van der Waals surface area contributed by atoms with Gasteiger partial charge in [0.25, 0.3) is 0 Å². The molecule has 0 saturated carbocycles. The number of carboxylic acids is 1. The molecule has 0 aromatic heterocycles. The highest BCUT2D eigenvalue weighted by molar-refractivity contribution is 5.84. The molecule has 1 heterocycles. The van der Waals surface area contributed by atoms with E-state index in [2.05, 4.69) is 0 Å². The Morgan fingerprint density at radius 3 is 2.24 bits per heavy atom. The lowest BCUT2D eigenvalue weighted by Crippen LogP contribution is -2.74. The third kappa shape index (κ3) is 2.36. The van der Waals surface area contributed by atoms with E-state index >= 15 is 0 Å². The molecule has 0 radical (unpaired) electrons. The van der Waals surface area contributed by atoms with Crippen LogP contribution in [0.2, 0.25) is 0 Å². The summed E-state index contributed by atoms with van der Waals surface area (Å²) in [5, 5.41) is 9.08. The van der Waals surface area contributed by atoms with Crippen LogP contribution in [0, 0.1) is 0 Å². The Bertz CT molecular complexity index is 335. The summed E-state index contributed by atoms with van der Waals surface area (Å²) in [5.41, 5.74) is -1.90. The molecule has 0 bridgehead atoms. The molecule has 0 aliphatic carbocycles. The van der Waals surface area contributed by atoms with E-state index in [1.165, 1.54) is 12.0 Å². The van der Waals surface area contributed by atoms with Gasteiger partial charge in [0.2, 0.25) is 5.60 Å². The average molecular weight is 245 g/mol. The van der Waals surface area contributed by atoms with Crippen molar-refractivity contribution < 1.29 is 24.2 Å². The van der Waals surface area contributed by atoms with Crippen molar-refractivity contribution in [3.8, 4) is 0 Å². The number of carbonyl (C=O) groups is 2. The van der Waals surface area contributed by atoms with E-state index in [1.807, 2.05) is 0 Å². The zero-order valence-corrected chi connectivity index (χ0v) is 10.8. The smallest absolute Gasteiger partial charge is 0.410 e. The Hall–Kier alpha value is -1.30. The van der Waals surface area contributed by atoms with Crippen LogP contribution in [0.1, 0.15) is 27.7 Å². The number of hydrogen-bond acceptors (Lipinski definition) is 4. The molecule has 1 unspecified atom stereocenters. The molecule has 1 aliphatic rings. The van der Waals surface area contributed by atoms with Crippen LogP contribution in [-0.4, -0.2) is 53.0 Å². The number of ether oxygens (including phenoxy) is 2. The number of carbonyl (C=O) groups excluding carboxylic acids is 1. The Morgan fingerprint density at radius 2 is 1.94 bits per heavy atom. The van der Waals surface area contributed by atoms with Gasteiger partial charge in [-0.15, -0.1) is 0 Å². The summed E-state index contributed by atoms with van der Waals surface area (Å²) in [7, 11) is 1.33. The predicted octanol–water partition coefficient (Wildman–Crippen LogP) is 1.10. The number of methoxy groups -OCH3 is 1. The Kier molecular flexibility index (Phi) is 3.38. The van der Waals surface area contributed by atoms with E-state index in [0.717, 1.165) is 0 Å².